The number of hydrogen-bond acceptors (Lipinski definition) is 3. The largest absolute Gasteiger partial charge is 0.381 e. The number of pyridine rings is 1. The molecule has 1 aliphatic carbocycles. The highest BCUT2D eigenvalue weighted by atomic mass is 32.2. The van der Waals surface area contributed by atoms with Gasteiger partial charge in [0.15, 0.2) is 0 Å². The van der Waals surface area contributed by atoms with Crippen LogP contribution < -0.4 is 5.56 Å². The van der Waals surface area contributed by atoms with Crippen LogP contribution in [0.5, 0.6) is 0 Å². The molecule has 1 aromatic carbocycles. The number of ether oxygens (including phenoxy) is 1. The summed E-state index contributed by atoms with van der Waals surface area (Å²) in [5.41, 5.74) is 4.14. The first kappa shape index (κ1) is 16.7. The van der Waals surface area contributed by atoms with E-state index in [0.29, 0.717) is 11.8 Å². The Bertz CT molecular complexity index is 828. The molecule has 4 rings (SSSR count). The van der Waals surface area contributed by atoms with Crippen LogP contribution in [0, 0.1) is 5.92 Å². The number of hydrogen-bond donors (Lipinski definition) is 1. The molecule has 2 aromatic rings. The van der Waals surface area contributed by atoms with Crippen molar-refractivity contribution in [1.82, 2.24) is 4.98 Å². The molecular formula is C21H23NO2S. The lowest BCUT2D eigenvalue weighted by Crippen LogP contribution is -2.13. The van der Waals surface area contributed by atoms with Crippen molar-refractivity contribution in [2.24, 2.45) is 5.92 Å². The molecule has 0 bridgehead atoms. The Hall–Kier alpha value is -1.78. The van der Waals surface area contributed by atoms with E-state index in [-0.39, 0.29) is 5.56 Å². The fourth-order valence-corrected chi connectivity index (χ4v) is 3.80. The molecule has 1 N–H and O–H groups in total. The van der Waals surface area contributed by atoms with Crippen LogP contribution in [0.3, 0.4) is 0 Å². The average molecular weight is 353 g/mol. The molecule has 0 radical (unpaired) electrons. The normalized spacial score (nSPS) is 20.8. The van der Waals surface area contributed by atoms with Gasteiger partial charge in [0.05, 0.1) is 6.61 Å². The minimum Gasteiger partial charge on any atom is -0.381 e. The summed E-state index contributed by atoms with van der Waals surface area (Å²) in [5, 5.41) is 0. The molecule has 2 heterocycles. The SMILES string of the molecule is CSc1ccc(/C(=C\C2CCOC2)c2ccc(C3CC3)c(=O)[nH]2)cc1. The number of thioether (sulfide) groups is 1. The van der Waals surface area contributed by atoms with Gasteiger partial charge in [0.2, 0.25) is 0 Å². The highest BCUT2D eigenvalue weighted by molar-refractivity contribution is 7.98. The quantitative estimate of drug-likeness (QED) is 0.808. The summed E-state index contributed by atoms with van der Waals surface area (Å²) in [6.07, 6.45) is 7.66. The first-order valence-electron chi connectivity index (χ1n) is 8.92. The predicted octanol–water partition coefficient (Wildman–Crippen LogP) is 4.44. The third-order valence-electron chi connectivity index (χ3n) is 5.02. The van der Waals surface area contributed by atoms with E-state index in [4.69, 9.17) is 4.74 Å². The molecule has 2 aliphatic rings. The molecule has 1 saturated heterocycles. The molecule has 1 unspecified atom stereocenters. The highest BCUT2D eigenvalue weighted by Gasteiger charge is 2.26. The maximum Gasteiger partial charge on any atom is 0.251 e. The molecule has 1 atom stereocenters. The van der Waals surface area contributed by atoms with Crippen LogP contribution in [-0.2, 0) is 4.74 Å². The topological polar surface area (TPSA) is 42.1 Å². The summed E-state index contributed by atoms with van der Waals surface area (Å²) in [4.78, 5) is 16.9. The average Bonchev–Trinajstić information content (AvgIpc) is 3.35. The van der Waals surface area contributed by atoms with Gasteiger partial charge in [-0.2, -0.15) is 0 Å². The van der Waals surface area contributed by atoms with E-state index in [2.05, 4.69) is 47.6 Å². The van der Waals surface area contributed by atoms with Crippen molar-refractivity contribution in [3.05, 3.63) is 69.6 Å². The van der Waals surface area contributed by atoms with E-state index in [1.807, 2.05) is 6.07 Å². The highest BCUT2D eigenvalue weighted by Crippen LogP contribution is 2.38. The minimum absolute atomic E-state index is 0.0642. The molecule has 2 fully saturated rings. The van der Waals surface area contributed by atoms with Crippen LogP contribution in [0.1, 0.15) is 42.0 Å². The van der Waals surface area contributed by atoms with E-state index < -0.39 is 0 Å². The van der Waals surface area contributed by atoms with Gasteiger partial charge in [-0.25, -0.2) is 0 Å². The van der Waals surface area contributed by atoms with E-state index in [9.17, 15) is 4.79 Å². The Labute approximate surface area is 152 Å². The number of benzene rings is 1. The Balaban J connectivity index is 1.73. The zero-order valence-corrected chi connectivity index (χ0v) is 15.3. The van der Waals surface area contributed by atoms with Crippen LogP contribution in [0.4, 0.5) is 0 Å². The monoisotopic (exact) mass is 353 g/mol. The van der Waals surface area contributed by atoms with Gasteiger partial charge in [-0.3, -0.25) is 4.79 Å². The first-order valence-corrected chi connectivity index (χ1v) is 10.1. The Morgan fingerprint density at radius 3 is 2.56 bits per heavy atom. The molecule has 4 heteroatoms. The van der Waals surface area contributed by atoms with E-state index >= 15 is 0 Å². The van der Waals surface area contributed by atoms with Crippen molar-refractivity contribution >= 4 is 17.3 Å². The molecular weight excluding hydrogens is 330 g/mol. The second-order valence-electron chi connectivity index (χ2n) is 6.86. The van der Waals surface area contributed by atoms with Crippen LogP contribution in [0.25, 0.3) is 5.57 Å². The van der Waals surface area contributed by atoms with Crippen molar-refractivity contribution < 1.29 is 4.74 Å². The van der Waals surface area contributed by atoms with Crippen LogP contribution in [-0.4, -0.2) is 24.5 Å². The molecule has 1 saturated carbocycles. The van der Waals surface area contributed by atoms with Crippen molar-refractivity contribution in [1.29, 1.82) is 0 Å². The summed E-state index contributed by atoms with van der Waals surface area (Å²) in [7, 11) is 0. The first-order chi connectivity index (χ1) is 12.2. The van der Waals surface area contributed by atoms with Gasteiger partial charge in [-0.05, 0) is 55.2 Å². The zero-order chi connectivity index (χ0) is 17.2. The van der Waals surface area contributed by atoms with Gasteiger partial charge in [0.25, 0.3) is 5.56 Å². The molecule has 130 valence electrons. The fourth-order valence-electron chi connectivity index (χ4n) is 3.39. The molecule has 1 aliphatic heterocycles. The lowest BCUT2D eigenvalue weighted by Gasteiger charge is -2.12. The second kappa shape index (κ2) is 7.22. The summed E-state index contributed by atoms with van der Waals surface area (Å²) in [6.45, 7) is 1.58. The molecule has 3 nitrogen and oxygen atoms in total. The lowest BCUT2D eigenvalue weighted by molar-refractivity contribution is 0.191. The number of rotatable bonds is 5. The summed E-state index contributed by atoms with van der Waals surface area (Å²) >= 11 is 1.74. The van der Waals surface area contributed by atoms with Gasteiger partial charge in [-0.1, -0.05) is 24.3 Å². The fraction of sp³-hybridized carbons (Fsp3) is 0.381. The third kappa shape index (κ3) is 3.75. The van der Waals surface area contributed by atoms with Gasteiger partial charge >= 0.3 is 0 Å². The standard InChI is InChI=1S/C21H23NO2S/c1-25-17-6-4-16(5-7-17)19(12-14-10-11-24-13-14)20-9-8-18(15-2-3-15)21(23)22-20/h4-9,12,14-15H,2-3,10-11,13H2,1H3,(H,22,23)/b19-12+. The van der Waals surface area contributed by atoms with E-state index in [1.54, 1.807) is 11.8 Å². The molecule has 25 heavy (non-hydrogen) atoms. The Morgan fingerprint density at radius 2 is 1.96 bits per heavy atom. The maximum absolute atomic E-state index is 12.5. The summed E-state index contributed by atoms with van der Waals surface area (Å²) in [5.74, 6) is 0.871. The van der Waals surface area contributed by atoms with Crippen molar-refractivity contribution in [2.75, 3.05) is 19.5 Å². The van der Waals surface area contributed by atoms with Crippen LogP contribution >= 0.6 is 11.8 Å². The van der Waals surface area contributed by atoms with Crippen molar-refractivity contribution in [2.45, 2.75) is 30.1 Å². The van der Waals surface area contributed by atoms with Crippen molar-refractivity contribution in [3.8, 4) is 0 Å². The number of H-pyrrole nitrogens is 1. The van der Waals surface area contributed by atoms with Crippen LogP contribution in [0.15, 0.2) is 52.2 Å². The maximum atomic E-state index is 12.5. The minimum atomic E-state index is 0.0642. The van der Waals surface area contributed by atoms with Crippen LogP contribution in [0.2, 0.25) is 0 Å². The second-order valence-corrected chi connectivity index (χ2v) is 7.74. The van der Waals surface area contributed by atoms with Gasteiger partial charge in [0, 0.05) is 34.3 Å². The number of aromatic nitrogens is 1. The molecule has 0 spiro atoms. The third-order valence-corrected chi connectivity index (χ3v) is 5.76. The van der Waals surface area contributed by atoms with Crippen molar-refractivity contribution in [3.63, 3.8) is 0 Å². The lowest BCUT2D eigenvalue weighted by atomic mass is 9.96. The van der Waals surface area contributed by atoms with Gasteiger partial charge in [0.1, 0.15) is 0 Å². The zero-order valence-electron chi connectivity index (χ0n) is 14.5. The summed E-state index contributed by atoms with van der Waals surface area (Å²) in [6, 6.07) is 12.6. The smallest absolute Gasteiger partial charge is 0.251 e. The molecule has 1 aromatic heterocycles. The van der Waals surface area contributed by atoms with E-state index in [1.165, 1.54) is 4.90 Å². The molecule has 0 amide bonds. The predicted molar refractivity (Wildman–Crippen MR) is 103 cm³/mol. The number of nitrogens with one attached hydrogen (secondary N) is 1. The summed E-state index contributed by atoms with van der Waals surface area (Å²) < 4.78 is 5.53. The van der Waals surface area contributed by atoms with Gasteiger partial charge < -0.3 is 9.72 Å². The number of aromatic amines is 1. The Morgan fingerprint density at radius 1 is 1.16 bits per heavy atom. The van der Waals surface area contributed by atoms with E-state index in [0.717, 1.165) is 54.9 Å². The van der Waals surface area contributed by atoms with Gasteiger partial charge in [-0.15, -0.1) is 11.8 Å². The Kier molecular flexibility index (Phi) is 4.82.